The van der Waals surface area contributed by atoms with Crippen LogP contribution in [-0.4, -0.2) is 89.6 Å². The van der Waals surface area contributed by atoms with Crippen molar-refractivity contribution >= 4 is 12.1 Å². The maximum Gasteiger partial charge on any atom is 0.404 e. The maximum absolute atomic E-state index is 11.2. The summed E-state index contributed by atoms with van der Waals surface area (Å²) in [6, 6.07) is 6.67. The van der Waals surface area contributed by atoms with Crippen LogP contribution < -0.4 is 15.2 Å². The second kappa shape index (κ2) is 10.2. The van der Waals surface area contributed by atoms with Crippen molar-refractivity contribution in [2.75, 3.05) is 20.3 Å². The van der Waals surface area contributed by atoms with Crippen LogP contribution in [0.15, 0.2) is 24.3 Å². The Morgan fingerprint density at radius 1 is 1.10 bits per heavy atom. The fraction of sp³-hybridized carbons (Fsp3) is 0.529. The molecule has 0 unspecified atom stereocenters. The van der Waals surface area contributed by atoms with Crippen LogP contribution in [0.4, 0.5) is 4.79 Å². The molecule has 1 aromatic carbocycles. The smallest absolute Gasteiger partial charge is 0.404 e. The second-order valence-electron chi connectivity index (χ2n) is 6.09. The van der Waals surface area contributed by atoms with Gasteiger partial charge in [-0.15, -0.1) is 0 Å². The number of carbonyl (C=O) groups is 2. The normalized spacial score (nSPS) is 27.7. The van der Waals surface area contributed by atoms with E-state index in [1.54, 1.807) is 24.3 Å². The van der Waals surface area contributed by atoms with Crippen molar-refractivity contribution in [1.82, 2.24) is 0 Å². The molecule has 1 amide bonds. The van der Waals surface area contributed by atoms with E-state index in [0.29, 0.717) is 11.5 Å². The van der Waals surface area contributed by atoms with Gasteiger partial charge in [0, 0.05) is 0 Å². The predicted octanol–water partition coefficient (Wildman–Crippen LogP) is -1.55. The lowest BCUT2D eigenvalue weighted by atomic mass is 9.99. The largest absolute Gasteiger partial charge is 0.493 e. The molecule has 0 aliphatic carbocycles. The van der Waals surface area contributed by atoms with Crippen LogP contribution in [0.25, 0.3) is 0 Å². The Hall–Kier alpha value is -2.64. The molecule has 6 N–H and O–H groups in total. The molecule has 1 fully saturated rings. The van der Waals surface area contributed by atoms with Gasteiger partial charge < -0.3 is 49.8 Å². The number of nitrogens with two attached hydrogens (primary N) is 1. The van der Waals surface area contributed by atoms with Gasteiger partial charge in [-0.1, -0.05) is 12.1 Å². The number of aliphatic hydroxyl groups is 3. The molecule has 1 saturated heterocycles. The van der Waals surface area contributed by atoms with E-state index in [9.17, 15) is 24.9 Å². The maximum atomic E-state index is 11.2. The Bertz CT molecular complexity index is 700. The van der Waals surface area contributed by atoms with Crippen molar-refractivity contribution in [3.63, 3.8) is 0 Å². The summed E-state index contributed by atoms with van der Waals surface area (Å²) < 4.78 is 25.9. The van der Waals surface area contributed by atoms with Crippen LogP contribution in [0.5, 0.6) is 11.5 Å². The number of rotatable bonds is 9. The number of benzene rings is 1. The number of hydrogen-bond donors (Lipinski definition) is 5. The Kier molecular flexibility index (Phi) is 7.99. The lowest BCUT2D eigenvalue weighted by Gasteiger charge is -2.39. The predicted molar refractivity (Wildman–Crippen MR) is 93.2 cm³/mol. The minimum atomic E-state index is -1.87. The van der Waals surface area contributed by atoms with Gasteiger partial charge in [0.15, 0.2) is 23.9 Å². The number of methoxy groups -OCH3 is 1. The zero-order valence-corrected chi connectivity index (χ0v) is 15.4. The molecule has 162 valence electrons. The van der Waals surface area contributed by atoms with Gasteiger partial charge in [0.1, 0.15) is 37.6 Å². The molecule has 29 heavy (non-hydrogen) atoms. The molecule has 1 aliphatic heterocycles. The first-order chi connectivity index (χ1) is 13.7. The number of para-hydroxylation sites is 2. The van der Waals surface area contributed by atoms with Crippen molar-refractivity contribution < 1.29 is 53.7 Å². The fourth-order valence-corrected chi connectivity index (χ4v) is 2.58. The van der Waals surface area contributed by atoms with Crippen molar-refractivity contribution in [2.24, 2.45) is 5.73 Å². The topological polar surface area (TPSA) is 187 Å². The molecular weight excluding hydrogens is 394 g/mol. The molecule has 2 rings (SSSR count). The Morgan fingerprint density at radius 2 is 1.76 bits per heavy atom. The Morgan fingerprint density at radius 3 is 2.34 bits per heavy atom. The van der Waals surface area contributed by atoms with Crippen molar-refractivity contribution in [3.8, 4) is 11.5 Å². The summed E-state index contributed by atoms with van der Waals surface area (Å²) in [6.07, 6.45) is -11.2. The average Bonchev–Trinajstić information content (AvgIpc) is 2.69. The number of aliphatic hydroxyl groups excluding tert-OH is 3. The third-order valence-corrected chi connectivity index (χ3v) is 4.04. The van der Waals surface area contributed by atoms with Gasteiger partial charge in [-0.05, 0) is 12.1 Å². The molecular formula is C17H23NO11. The lowest BCUT2D eigenvalue weighted by molar-refractivity contribution is -0.307. The highest BCUT2D eigenvalue weighted by atomic mass is 16.7. The second-order valence-corrected chi connectivity index (χ2v) is 6.09. The number of primary amides is 1. The highest BCUT2D eigenvalue weighted by Crippen LogP contribution is 2.27. The van der Waals surface area contributed by atoms with Gasteiger partial charge >= 0.3 is 12.1 Å². The van der Waals surface area contributed by atoms with Gasteiger partial charge in [-0.3, -0.25) is 0 Å². The molecule has 1 aliphatic rings. The number of carboxylic acid groups (broad SMARTS) is 1. The van der Waals surface area contributed by atoms with E-state index in [-0.39, 0.29) is 6.61 Å². The SMILES string of the molecule is COc1ccccc1OC[C@H](COC(N)=O)O[C@@H]1O[C@H](C(=O)O)[C@@H](O)[C@H](O)[C@H]1O. The van der Waals surface area contributed by atoms with Crippen LogP contribution in [0.1, 0.15) is 0 Å². The molecule has 0 saturated carbocycles. The zero-order valence-electron chi connectivity index (χ0n) is 15.4. The molecule has 1 heterocycles. The number of hydrogen-bond acceptors (Lipinski definition) is 10. The highest BCUT2D eigenvalue weighted by molar-refractivity contribution is 5.73. The third kappa shape index (κ3) is 5.92. The lowest BCUT2D eigenvalue weighted by Crippen LogP contribution is -2.61. The van der Waals surface area contributed by atoms with E-state index >= 15 is 0 Å². The van der Waals surface area contributed by atoms with Gasteiger partial charge in [-0.25, -0.2) is 9.59 Å². The first-order valence-corrected chi connectivity index (χ1v) is 8.50. The van der Waals surface area contributed by atoms with E-state index < -0.39 is 55.5 Å². The van der Waals surface area contributed by atoms with Crippen molar-refractivity contribution in [1.29, 1.82) is 0 Å². The number of aliphatic carboxylic acids is 1. The molecule has 0 radical (unpaired) electrons. The zero-order chi connectivity index (χ0) is 21.6. The molecule has 0 spiro atoms. The summed E-state index contributed by atoms with van der Waals surface area (Å²) in [5.41, 5.74) is 4.95. The molecule has 0 bridgehead atoms. The third-order valence-electron chi connectivity index (χ3n) is 4.04. The Labute approximate surface area is 165 Å². The summed E-state index contributed by atoms with van der Waals surface area (Å²) in [5, 5.41) is 38.7. The fourth-order valence-electron chi connectivity index (χ4n) is 2.58. The van der Waals surface area contributed by atoms with Crippen molar-refractivity contribution in [3.05, 3.63) is 24.3 Å². The van der Waals surface area contributed by atoms with E-state index in [1.165, 1.54) is 7.11 Å². The number of carboxylic acids is 1. The number of carbonyl (C=O) groups excluding carboxylic acids is 1. The van der Waals surface area contributed by atoms with Gasteiger partial charge in [0.2, 0.25) is 0 Å². The van der Waals surface area contributed by atoms with E-state index in [1.807, 2.05) is 0 Å². The first kappa shape index (κ1) is 22.6. The van der Waals surface area contributed by atoms with Crippen LogP contribution >= 0.6 is 0 Å². The standard InChI is InChI=1S/C17H23NO11/c1-25-9-4-2-3-5-10(9)26-6-8(7-27-17(18)24)28-16-13(21)11(19)12(20)14(29-16)15(22)23/h2-5,8,11-14,16,19-21H,6-7H2,1H3,(H2,18,24)(H,22,23)/t8-,11+,12+,13-,14+,16-/m1/s1. The van der Waals surface area contributed by atoms with E-state index in [4.69, 9.17) is 29.8 Å². The van der Waals surface area contributed by atoms with Crippen LogP contribution in [0.2, 0.25) is 0 Å². The van der Waals surface area contributed by atoms with Gasteiger partial charge in [-0.2, -0.15) is 0 Å². The quantitative estimate of drug-likeness (QED) is 0.313. The molecule has 12 heteroatoms. The molecule has 12 nitrogen and oxygen atoms in total. The van der Waals surface area contributed by atoms with E-state index in [0.717, 1.165) is 0 Å². The monoisotopic (exact) mass is 417 g/mol. The summed E-state index contributed by atoms with van der Waals surface area (Å²) in [4.78, 5) is 22.1. The number of amides is 1. The number of ether oxygens (including phenoxy) is 5. The van der Waals surface area contributed by atoms with Gasteiger partial charge in [0.05, 0.1) is 7.11 Å². The van der Waals surface area contributed by atoms with Crippen LogP contribution in [-0.2, 0) is 19.0 Å². The Balaban J connectivity index is 2.10. The summed E-state index contributed by atoms with van der Waals surface area (Å²) in [7, 11) is 1.44. The summed E-state index contributed by atoms with van der Waals surface area (Å²) in [5.74, 6) is -0.806. The highest BCUT2D eigenvalue weighted by Gasteiger charge is 2.48. The summed E-state index contributed by atoms with van der Waals surface area (Å²) >= 11 is 0. The van der Waals surface area contributed by atoms with E-state index in [2.05, 4.69) is 4.74 Å². The minimum absolute atomic E-state index is 0.239. The molecule has 1 aromatic rings. The van der Waals surface area contributed by atoms with Crippen molar-refractivity contribution in [2.45, 2.75) is 36.8 Å². The summed E-state index contributed by atoms with van der Waals surface area (Å²) in [6.45, 7) is -0.663. The van der Waals surface area contributed by atoms with Crippen LogP contribution in [0.3, 0.4) is 0 Å². The first-order valence-electron chi connectivity index (χ1n) is 8.50. The van der Waals surface area contributed by atoms with Gasteiger partial charge in [0.25, 0.3) is 0 Å². The average molecular weight is 417 g/mol. The minimum Gasteiger partial charge on any atom is -0.493 e. The van der Waals surface area contributed by atoms with Crippen LogP contribution in [0, 0.1) is 0 Å². The molecule has 6 atom stereocenters. The molecule has 0 aromatic heterocycles.